The molecule has 8 aromatic carbocycles. The molecule has 0 spiro atoms. The van der Waals surface area contributed by atoms with E-state index in [0.717, 1.165) is 76.1 Å². The van der Waals surface area contributed by atoms with Crippen molar-refractivity contribution in [2.45, 2.75) is 0 Å². The number of H-pyrrole nitrogens is 1. The first-order chi connectivity index (χ1) is 27.0. The van der Waals surface area contributed by atoms with Crippen LogP contribution >= 0.6 is 15.9 Å². The Balaban J connectivity index is 0.000000124. The first kappa shape index (κ1) is 35.1. The highest BCUT2D eigenvalue weighted by atomic mass is 79.9. The molecular formula is C48H29BBrF2N2O2. The number of nitrogens with one attached hydrogen (secondary N) is 1. The van der Waals surface area contributed by atoms with Crippen molar-refractivity contribution in [2.75, 3.05) is 0 Å². The Labute approximate surface area is 329 Å². The molecule has 4 heterocycles. The number of hydrogen-bond acceptors (Lipinski definition) is 2. The monoisotopic (exact) mass is 793 g/mol. The SMILES string of the molecule is Fc1cccc(-n2c3ccccc3c3c4oc5ccccc5c4ccc32)c1.Fc1cccc(Br)c1.[B].c1ccc2c(c1)[nH]c1ccc3c4ccccc4oc3c12. The van der Waals surface area contributed by atoms with Crippen molar-refractivity contribution in [3.63, 3.8) is 0 Å². The highest BCUT2D eigenvalue weighted by molar-refractivity contribution is 9.10. The summed E-state index contributed by atoms with van der Waals surface area (Å²) in [4.78, 5) is 3.45. The van der Waals surface area contributed by atoms with Gasteiger partial charge in [-0.15, -0.1) is 0 Å². The molecule has 0 saturated heterocycles. The third kappa shape index (κ3) is 5.90. The van der Waals surface area contributed by atoms with Crippen molar-refractivity contribution in [3.8, 4) is 5.69 Å². The van der Waals surface area contributed by atoms with Gasteiger partial charge in [0.25, 0.3) is 0 Å². The van der Waals surface area contributed by atoms with Crippen molar-refractivity contribution in [2.24, 2.45) is 0 Å². The number of benzene rings is 8. The predicted molar refractivity (Wildman–Crippen MR) is 231 cm³/mol. The lowest BCUT2D eigenvalue weighted by Gasteiger charge is -2.07. The average Bonchev–Trinajstić information content (AvgIpc) is 3.97. The van der Waals surface area contributed by atoms with E-state index in [1.165, 1.54) is 39.7 Å². The first-order valence-corrected chi connectivity index (χ1v) is 18.6. The van der Waals surface area contributed by atoms with Gasteiger partial charge in [-0.2, -0.15) is 0 Å². The Hall–Kier alpha value is -6.64. The minimum absolute atomic E-state index is 0. The van der Waals surface area contributed by atoms with Gasteiger partial charge in [-0.05, 0) is 84.9 Å². The van der Waals surface area contributed by atoms with Gasteiger partial charge in [0, 0.05) is 56.4 Å². The molecule has 0 unspecified atom stereocenters. The smallest absolute Gasteiger partial charge is 0.145 e. The zero-order valence-corrected chi connectivity index (χ0v) is 31.2. The normalized spacial score (nSPS) is 11.3. The number of halogens is 3. The first-order valence-electron chi connectivity index (χ1n) is 17.8. The third-order valence-electron chi connectivity index (χ3n) is 10.0. The van der Waals surface area contributed by atoms with Crippen LogP contribution in [0, 0.1) is 11.6 Å². The highest BCUT2D eigenvalue weighted by Crippen LogP contribution is 2.41. The van der Waals surface area contributed by atoms with Gasteiger partial charge in [0.15, 0.2) is 0 Å². The molecule has 0 aliphatic rings. The van der Waals surface area contributed by atoms with Gasteiger partial charge < -0.3 is 18.4 Å². The molecular weight excluding hydrogens is 765 g/mol. The van der Waals surface area contributed by atoms with Crippen molar-refractivity contribution in [1.82, 2.24) is 9.55 Å². The quantitative estimate of drug-likeness (QED) is 0.168. The number of furan rings is 2. The van der Waals surface area contributed by atoms with Crippen LogP contribution in [0.2, 0.25) is 0 Å². The van der Waals surface area contributed by atoms with Gasteiger partial charge in [0.05, 0.1) is 27.3 Å². The second-order valence-electron chi connectivity index (χ2n) is 13.3. The van der Waals surface area contributed by atoms with Crippen LogP contribution in [0.1, 0.15) is 0 Å². The zero-order valence-electron chi connectivity index (χ0n) is 29.6. The lowest BCUT2D eigenvalue weighted by atomic mass is 10.1. The largest absolute Gasteiger partial charge is 0.455 e. The second-order valence-corrected chi connectivity index (χ2v) is 14.3. The maximum Gasteiger partial charge on any atom is 0.145 e. The zero-order chi connectivity index (χ0) is 37.0. The van der Waals surface area contributed by atoms with E-state index in [4.69, 9.17) is 8.83 Å². The van der Waals surface area contributed by atoms with E-state index >= 15 is 0 Å². The molecule has 0 aliphatic heterocycles. The van der Waals surface area contributed by atoms with E-state index in [1.807, 2.05) is 54.6 Å². The topological polar surface area (TPSA) is 47.0 Å². The second kappa shape index (κ2) is 14.2. The molecule has 0 aliphatic carbocycles. The number of fused-ring (bicyclic) bond motifs is 14. The van der Waals surface area contributed by atoms with E-state index in [2.05, 4.69) is 98.3 Å². The molecule has 12 rings (SSSR count). The van der Waals surface area contributed by atoms with Gasteiger partial charge >= 0.3 is 0 Å². The van der Waals surface area contributed by atoms with Crippen molar-refractivity contribution in [3.05, 3.63) is 186 Å². The van der Waals surface area contributed by atoms with E-state index in [0.29, 0.717) is 0 Å². The van der Waals surface area contributed by atoms with E-state index < -0.39 is 0 Å². The van der Waals surface area contributed by atoms with Gasteiger partial charge in [0.1, 0.15) is 34.0 Å². The molecule has 56 heavy (non-hydrogen) atoms. The summed E-state index contributed by atoms with van der Waals surface area (Å²) in [6, 6.07) is 54.3. The molecule has 12 aromatic rings. The van der Waals surface area contributed by atoms with Gasteiger partial charge in [-0.25, -0.2) is 8.78 Å². The van der Waals surface area contributed by atoms with E-state index in [9.17, 15) is 8.78 Å². The molecule has 0 fully saturated rings. The molecule has 0 saturated carbocycles. The molecule has 267 valence electrons. The lowest BCUT2D eigenvalue weighted by Crippen LogP contribution is -1.94. The molecule has 0 atom stereocenters. The number of hydrogen-bond donors (Lipinski definition) is 1. The number of rotatable bonds is 1. The van der Waals surface area contributed by atoms with Crippen molar-refractivity contribution < 1.29 is 17.6 Å². The summed E-state index contributed by atoms with van der Waals surface area (Å²) in [7, 11) is 0. The number of para-hydroxylation sites is 4. The average molecular weight is 794 g/mol. The Morgan fingerprint density at radius 2 is 1.02 bits per heavy atom. The van der Waals surface area contributed by atoms with Crippen LogP contribution in [-0.2, 0) is 0 Å². The standard InChI is InChI=1S/C24H14FNO.C18H11NO.C6H4BrF.B/c25-15-6-5-7-16(14-15)26-20-10-3-1-9-19(20)23-21(26)13-12-18-17-8-2-4-11-22(17)27-24(18)23;1-3-7-14-13(6-1)17-15(19-14)10-9-12-11-5-2-4-8-16(11)20-18(12)17;7-5-2-1-3-6(8)4-5;/h1-14H;1-10,19H;1-4H;. The number of aromatic amines is 1. The van der Waals surface area contributed by atoms with Crippen LogP contribution in [-0.4, -0.2) is 18.0 Å². The summed E-state index contributed by atoms with van der Waals surface area (Å²) in [5.41, 5.74) is 8.79. The molecule has 1 N–H and O–H groups in total. The maximum atomic E-state index is 13.9. The van der Waals surface area contributed by atoms with Crippen LogP contribution in [0.25, 0.3) is 93.2 Å². The van der Waals surface area contributed by atoms with Gasteiger partial charge in [-0.3, -0.25) is 0 Å². The molecule has 4 aromatic heterocycles. The minimum atomic E-state index is -0.247. The van der Waals surface area contributed by atoms with Crippen LogP contribution in [0.4, 0.5) is 8.78 Å². The predicted octanol–water partition coefficient (Wildman–Crippen LogP) is 14.3. The summed E-state index contributed by atoms with van der Waals surface area (Å²) in [6.45, 7) is 0. The molecule has 0 amide bonds. The summed E-state index contributed by atoms with van der Waals surface area (Å²) < 4.78 is 41.3. The third-order valence-corrected chi connectivity index (χ3v) is 10.5. The van der Waals surface area contributed by atoms with Gasteiger partial charge in [-0.1, -0.05) is 101 Å². The van der Waals surface area contributed by atoms with E-state index in [-0.39, 0.29) is 20.0 Å². The Kier molecular flexibility index (Phi) is 8.91. The molecule has 8 heteroatoms. The summed E-state index contributed by atoms with van der Waals surface area (Å²) in [5.74, 6) is -0.456. The summed E-state index contributed by atoms with van der Waals surface area (Å²) in [6.07, 6.45) is 0. The summed E-state index contributed by atoms with van der Waals surface area (Å²) in [5, 5.41) is 9.11. The molecule has 4 nitrogen and oxygen atoms in total. The maximum absolute atomic E-state index is 13.9. The van der Waals surface area contributed by atoms with Crippen LogP contribution in [0.3, 0.4) is 0 Å². The highest BCUT2D eigenvalue weighted by Gasteiger charge is 2.18. The van der Waals surface area contributed by atoms with Crippen LogP contribution in [0.5, 0.6) is 0 Å². The van der Waals surface area contributed by atoms with Crippen molar-refractivity contribution in [1.29, 1.82) is 0 Å². The fourth-order valence-electron chi connectivity index (χ4n) is 7.70. The van der Waals surface area contributed by atoms with Crippen LogP contribution < -0.4 is 0 Å². The van der Waals surface area contributed by atoms with E-state index in [1.54, 1.807) is 24.3 Å². The Morgan fingerprint density at radius 3 is 1.68 bits per heavy atom. The fraction of sp³-hybridized carbons (Fsp3) is 0. The number of aromatic nitrogens is 2. The minimum Gasteiger partial charge on any atom is -0.455 e. The number of nitrogens with zero attached hydrogens (tertiary/aromatic N) is 1. The van der Waals surface area contributed by atoms with Crippen molar-refractivity contribution >= 4 is 112 Å². The Morgan fingerprint density at radius 1 is 0.446 bits per heavy atom. The Bertz CT molecular complexity index is 3380. The fourth-order valence-corrected chi connectivity index (χ4v) is 8.08. The molecule has 3 radical (unpaired) electrons. The summed E-state index contributed by atoms with van der Waals surface area (Å²) >= 11 is 3.12. The van der Waals surface area contributed by atoms with Gasteiger partial charge in [0.2, 0.25) is 0 Å². The van der Waals surface area contributed by atoms with Crippen LogP contribution in [0.15, 0.2) is 183 Å². The lowest BCUT2D eigenvalue weighted by molar-refractivity contribution is 0.626. The molecule has 0 bridgehead atoms.